The van der Waals surface area contributed by atoms with Crippen LogP contribution in [0.5, 0.6) is 0 Å². The minimum absolute atomic E-state index is 0.611. The SMILES string of the molecule is Clc1cnc(-n2nccn2)c(I)c1. The quantitative estimate of drug-likeness (QED) is 0.756. The van der Waals surface area contributed by atoms with Gasteiger partial charge < -0.3 is 0 Å². The van der Waals surface area contributed by atoms with Gasteiger partial charge in [-0.25, -0.2) is 4.98 Å². The molecule has 0 aliphatic carbocycles. The van der Waals surface area contributed by atoms with Gasteiger partial charge in [-0.15, -0.1) is 4.80 Å². The molecule has 0 saturated carbocycles. The predicted molar refractivity (Wildman–Crippen MR) is 56.9 cm³/mol. The molecule has 4 nitrogen and oxygen atoms in total. The first-order valence-corrected chi connectivity index (χ1v) is 4.91. The molecule has 2 rings (SSSR count). The van der Waals surface area contributed by atoms with E-state index in [0.717, 1.165) is 3.57 Å². The van der Waals surface area contributed by atoms with Crippen molar-refractivity contribution in [3.05, 3.63) is 33.2 Å². The van der Waals surface area contributed by atoms with E-state index < -0.39 is 0 Å². The summed E-state index contributed by atoms with van der Waals surface area (Å²) >= 11 is 7.90. The molecule has 0 unspecified atom stereocenters. The van der Waals surface area contributed by atoms with Crippen molar-refractivity contribution >= 4 is 34.2 Å². The second kappa shape index (κ2) is 3.59. The summed E-state index contributed by atoms with van der Waals surface area (Å²) in [7, 11) is 0. The Bertz CT molecular complexity index is 414. The molecule has 0 N–H and O–H groups in total. The fourth-order valence-electron chi connectivity index (χ4n) is 0.880. The molecule has 0 bridgehead atoms. The Hall–Kier alpha value is -0.690. The molecule has 13 heavy (non-hydrogen) atoms. The van der Waals surface area contributed by atoms with E-state index in [1.165, 1.54) is 4.80 Å². The van der Waals surface area contributed by atoms with Gasteiger partial charge in [0.15, 0.2) is 5.82 Å². The minimum Gasteiger partial charge on any atom is -0.233 e. The van der Waals surface area contributed by atoms with Crippen LogP contribution in [0.15, 0.2) is 24.7 Å². The van der Waals surface area contributed by atoms with Crippen molar-refractivity contribution in [2.45, 2.75) is 0 Å². The summed E-state index contributed by atoms with van der Waals surface area (Å²) in [5, 5.41) is 8.56. The number of pyridine rings is 1. The first-order valence-electron chi connectivity index (χ1n) is 3.45. The van der Waals surface area contributed by atoms with Crippen molar-refractivity contribution in [1.29, 1.82) is 0 Å². The van der Waals surface area contributed by atoms with E-state index in [1.807, 2.05) is 6.07 Å². The predicted octanol–water partition coefficient (Wildman–Crippen LogP) is 1.92. The highest BCUT2D eigenvalue weighted by Crippen LogP contribution is 2.16. The molecule has 0 aliphatic rings. The highest BCUT2D eigenvalue weighted by atomic mass is 127. The molecule has 0 amide bonds. The molecule has 0 spiro atoms. The Labute approximate surface area is 93.1 Å². The van der Waals surface area contributed by atoms with E-state index in [4.69, 9.17) is 11.6 Å². The topological polar surface area (TPSA) is 43.6 Å². The molecule has 0 aromatic carbocycles. The Morgan fingerprint density at radius 2 is 2.00 bits per heavy atom. The molecule has 6 heteroatoms. The summed E-state index contributed by atoms with van der Waals surface area (Å²) < 4.78 is 0.918. The summed E-state index contributed by atoms with van der Waals surface area (Å²) in [5.74, 6) is 0.690. The van der Waals surface area contributed by atoms with Gasteiger partial charge in [0.1, 0.15) is 0 Å². The van der Waals surface area contributed by atoms with E-state index in [2.05, 4.69) is 37.8 Å². The van der Waals surface area contributed by atoms with Crippen molar-refractivity contribution in [2.24, 2.45) is 0 Å². The molecule has 0 saturated heterocycles. The summed E-state index contributed by atoms with van der Waals surface area (Å²) in [6, 6.07) is 1.81. The van der Waals surface area contributed by atoms with Crippen LogP contribution in [0.25, 0.3) is 5.82 Å². The number of nitrogens with zero attached hydrogens (tertiary/aromatic N) is 4. The lowest BCUT2D eigenvalue weighted by atomic mass is 10.5. The van der Waals surface area contributed by atoms with Crippen molar-refractivity contribution in [3.8, 4) is 5.82 Å². The van der Waals surface area contributed by atoms with Gasteiger partial charge in [-0.3, -0.25) is 0 Å². The van der Waals surface area contributed by atoms with Gasteiger partial charge in [-0.2, -0.15) is 10.2 Å². The molecule has 0 radical (unpaired) electrons. The lowest BCUT2D eigenvalue weighted by Gasteiger charge is -2.00. The molecule has 2 heterocycles. The van der Waals surface area contributed by atoms with Crippen molar-refractivity contribution in [2.75, 3.05) is 0 Å². The number of aromatic nitrogens is 4. The summed E-state index contributed by atoms with van der Waals surface area (Å²) in [4.78, 5) is 5.58. The zero-order chi connectivity index (χ0) is 9.26. The maximum atomic E-state index is 5.76. The van der Waals surface area contributed by atoms with Gasteiger partial charge in [0.25, 0.3) is 0 Å². The Kier molecular flexibility index (Phi) is 2.45. The molecule has 0 fully saturated rings. The van der Waals surface area contributed by atoms with Crippen LogP contribution >= 0.6 is 34.2 Å². The highest BCUT2D eigenvalue weighted by Gasteiger charge is 2.05. The summed E-state index contributed by atoms with van der Waals surface area (Å²) in [6.45, 7) is 0. The van der Waals surface area contributed by atoms with Crippen LogP contribution in [0.4, 0.5) is 0 Å². The van der Waals surface area contributed by atoms with Crippen LogP contribution < -0.4 is 0 Å². The average molecular weight is 306 g/mol. The zero-order valence-corrected chi connectivity index (χ0v) is 9.27. The maximum Gasteiger partial charge on any atom is 0.187 e. The maximum absolute atomic E-state index is 5.76. The molecular formula is C7H4ClIN4. The van der Waals surface area contributed by atoms with Crippen LogP contribution in [0.1, 0.15) is 0 Å². The van der Waals surface area contributed by atoms with Gasteiger partial charge in [0.05, 0.1) is 21.0 Å². The molecular weight excluding hydrogens is 302 g/mol. The van der Waals surface area contributed by atoms with E-state index in [-0.39, 0.29) is 0 Å². The van der Waals surface area contributed by atoms with Crippen molar-refractivity contribution in [1.82, 2.24) is 20.0 Å². The molecule has 0 atom stereocenters. The Morgan fingerprint density at radius 3 is 2.62 bits per heavy atom. The van der Waals surface area contributed by atoms with Crippen LogP contribution in [-0.4, -0.2) is 20.0 Å². The fourth-order valence-corrected chi connectivity index (χ4v) is 1.91. The first-order chi connectivity index (χ1) is 6.27. The Balaban J connectivity index is 2.53. The van der Waals surface area contributed by atoms with Crippen molar-refractivity contribution in [3.63, 3.8) is 0 Å². The molecule has 66 valence electrons. The van der Waals surface area contributed by atoms with Crippen LogP contribution in [0.3, 0.4) is 0 Å². The fraction of sp³-hybridized carbons (Fsp3) is 0. The van der Waals surface area contributed by atoms with E-state index >= 15 is 0 Å². The van der Waals surface area contributed by atoms with Gasteiger partial charge in [-0.1, -0.05) is 11.6 Å². The smallest absolute Gasteiger partial charge is 0.187 e. The van der Waals surface area contributed by atoms with Crippen LogP contribution in [0.2, 0.25) is 5.02 Å². The van der Waals surface area contributed by atoms with Gasteiger partial charge >= 0.3 is 0 Å². The summed E-state index contributed by atoms with van der Waals surface area (Å²) in [5.41, 5.74) is 0. The number of halogens is 2. The Morgan fingerprint density at radius 1 is 1.31 bits per heavy atom. The molecule has 2 aromatic heterocycles. The zero-order valence-electron chi connectivity index (χ0n) is 6.35. The first kappa shape index (κ1) is 8.89. The van der Waals surface area contributed by atoms with Gasteiger partial charge in [0.2, 0.25) is 0 Å². The van der Waals surface area contributed by atoms with Crippen molar-refractivity contribution < 1.29 is 0 Å². The van der Waals surface area contributed by atoms with E-state index in [1.54, 1.807) is 18.6 Å². The van der Waals surface area contributed by atoms with E-state index in [9.17, 15) is 0 Å². The van der Waals surface area contributed by atoms with Gasteiger partial charge in [-0.05, 0) is 28.7 Å². The third kappa shape index (κ3) is 1.80. The van der Waals surface area contributed by atoms with E-state index in [0.29, 0.717) is 10.8 Å². The average Bonchev–Trinajstić information content (AvgIpc) is 2.56. The normalized spacial score (nSPS) is 10.3. The molecule has 0 aliphatic heterocycles. The van der Waals surface area contributed by atoms with Crippen LogP contribution in [0, 0.1) is 3.57 Å². The summed E-state index contributed by atoms with van der Waals surface area (Å²) in [6.07, 6.45) is 4.78. The number of rotatable bonds is 1. The lowest BCUT2D eigenvalue weighted by molar-refractivity contribution is 0.725. The standard InChI is InChI=1S/C7H4ClIN4/c8-5-3-6(9)7(10-4-5)13-11-1-2-12-13/h1-4H. The van der Waals surface area contributed by atoms with Gasteiger partial charge in [0, 0.05) is 6.20 Å². The third-order valence-corrected chi connectivity index (χ3v) is 2.40. The minimum atomic E-state index is 0.611. The molecule has 2 aromatic rings. The third-order valence-electron chi connectivity index (χ3n) is 1.40. The second-order valence-corrected chi connectivity index (χ2v) is 3.88. The monoisotopic (exact) mass is 306 g/mol. The number of hydrogen-bond donors (Lipinski definition) is 0. The lowest BCUT2D eigenvalue weighted by Crippen LogP contribution is -2.03. The largest absolute Gasteiger partial charge is 0.233 e. The van der Waals surface area contributed by atoms with Crippen LogP contribution in [-0.2, 0) is 0 Å². The highest BCUT2D eigenvalue weighted by molar-refractivity contribution is 14.1. The number of hydrogen-bond acceptors (Lipinski definition) is 3. The second-order valence-electron chi connectivity index (χ2n) is 2.28.